The predicted molar refractivity (Wildman–Crippen MR) is 137 cm³/mol. The molecule has 1 aliphatic rings. The molecule has 188 valence electrons. The van der Waals surface area contributed by atoms with Gasteiger partial charge in [-0.2, -0.15) is 0 Å². The van der Waals surface area contributed by atoms with Crippen molar-refractivity contribution in [1.29, 1.82) is 0 Å². The van der Waals surface area contributed by atoms with Crippen LogP contribution < -0.4 is 10.2 Å². The van der Waals surface area contributed by atoms with Crippen molar-refractivity contribution < 1.29 is 23.5 Å². The number of nitrogens with one attached hydrogen (secondary N) is 1. The number of benzene rings is 2. The molecule has 3 aromatic rings. The van der Waals surface area contributed by atoms with Gasteiger partial charge in [0.05, 0.1) is 19.1 Å². The highest BCUT2D eigenvalue weighted by atomic mass is 32.1. The van der Waals surface area contributed by atoms with Crippen molar-refractivity contribution in [2.75, 3.05) is 12.0 Å². The van der Waals surface area contributed by atoms with Gasteiger partial charge in [0.15, 0.2) is 0 Å². The Balaban J connectivity index is 1.75. The average molecular weight is 509 g/mol. The highest BCUT2D eigenvalue weighted by molar-refractivity contribution is 7.10. The largest absolute Gasteiger partial charge is 0.465 e. The molecular weight excluding hydrogens is 479 g/mol. The van der Waals surface area contributed by atoms with Crippen LogP contribution in [0.5, 0.6) is 0 Å². The topological polar surface area (TPSA) is 75.7 Å². The van der Waals surface area contributed by atoms with Crippen LogP contribution >= 0.6 is 11.3 Å². The van der Waals surface area contributed by atoms with Crippen molar-refractivity contribution in [3.05, 3.63) is 87.9 Å². The lowest BCUT2D eigenvalue weighted by Crippen LogP contribution is -2.47. The van der Waals surface area contributed by atoms with E-state index in [4.69, 9.17) is 4.74 Å². The molecule has 8 heteroatoms. The van der Waals surface area contributed by atoms with Crippen LogP contribution in [0.15, 0.2) is 66.0 Å². The van der Waals surface area contributed by atoms with Crippen LogP contribution in [0.1, 0.15) is 58.9 Å². The maximum Gasteiger partial charge on any atom is 0.337 e. The molecule has 0 aliphatic heterocycles. The van der Waals surface area contributed by atoms with Crippen molar-refractivity contribution in [3.63, 3.8) is 0 Å². The molecular formula is C28H29FN2O4S. The number of hydrogen-bond acceptors (Lipinski definition) is 5. The van der Waals surface area contributed by atoms with Gasteiger partial charge in [-0.3, -0.25) is 14.5 Å². The molecule has 1 unspecified atom stereocenters. The van der Waals surface area contributed by atoms with Gasteiger partial charge in [0.2, 0.25) is 11.8 Å². The van der Waals surface area contributed by atoms with E-state index in [1.54, 1.807) is 24.3 Å². The second kappa shape index (κ2) is 11.9. The number of thiophene rings is 1. The molecule has 0 saturated heterocycles. The van der Waals surface area contributed by atoms with Gasteiger partial charge in [0.1, 0.15) is 11.9 Å². The number of nitrogens with zero attached hydrogens (tertiary/aromatic N) is 1. The Labute approximate surface area is 214 Å². The summed E-state index contributed by atoms with van der Waals surface area (Å²) in [6.45, 7) is 0. The van der Waals surface area contributed by atoms with Crippen LogP contribution in [0, 0.1) is 5.82 Å². The average Bonchev–Trinajstić information content (AvgIpc) is 3.41. The highest BCUT2D eigenvalue weighted by Crippen LogP contribution is 2.31. The van der Waals surface area contributed by atoms with Gasteiger partial charge in [0.25, 0.3) is 0 Å². The summed E-state index contributed by atoms with van der Waals surface area (Å²) < 4.78 is 18.6. The monoisotopic (exact) mass is 508 g/mol. The third-order valence-corrected chi connectivity index (χ3v) is 7.26. The first kappa shape index (κ1) is 25.6. The minimum atomic E-state index is -1.00. The Bertz CT molecular complexity index is 1170. The van der Waals surface area contributed by atoms with Gasteiger partial charge in [-0.15, -0.1) is 11.3 Å². The van der Waals surface area contributed by atoms with E-state index in [1.807, 2.05) is 17.5 Å². The van der Waals surface area contributed by atoms with Crippen LogP contribution in [-0.2, 0) is 20.7 Å². The first-order chi connectivity index (χ1) is 17.5. The molecule has 1 aromatic heterocycles. The fourth-order valence-electron chi connectivity index (χ4n) is 4.55. The molecule has 2 aromatic carbocycles. The molecule has 0 radical (unpaired) electrons. The van der Waals surface area contributed by atoms with E-state index < -0.39 is 17.8 Å². The standard InChI is InChI=1S/C28H29FN2O4S/c1-35-28(34)20-11-9-19(10-12-20)26(27(33)30-22-6-3-2-4-7-22)31(23-15-13-21(29)14-16-23)25(32)18-24-8-5-17-36-24/h5,8-17,22,26H,2-4,6-7,18H2,1H3,(H,30,33). The first-order valence-electron chi connectivity index (χ1n) is 12.0. The molecule has 0 bridgehead atoms. The third-order valence-electron chi connectivity index (χ3n) is 6.38. The zero-order valence-electron chi connectivity index (χ0n) is 20.1. The van der Waals surface area contributed by atoms with Gasteiger partial charge in [-0.05, 0) is 66.2 Å². The van der Waals surface area contributed by atoms with E-state index in [0.717, 1.165) is 37.0 Å². The maximum atomic E-state index is 13.8. The zero-order chi connectivity index (χ0) is 25.5. The smallest absolute Gasteiger partial charge is 0.337 e. The molecule has 1 atom stereocenters. The Morgan fingerprint density at radius 3 is 2.33 bits per heavy atom. The number of ether oxygens (including phenoxy) is 1. The number of anilines is 1. The molecule has 2 amide bonds. The Morgan fingerprint density at radius 2 is 1.72 bits per heavy atom. The summed E-state index contributed by atoms with van der Waals surface area (Å²) in [6.07, 6.45) is 5.11. The highest BCUT2D eigenvalue weighted by Gasteiger charge is 2.34. The molecule has 1 N–H and O–H groups in total. The number of rotatable bonds is 8. The Kier molecular flexibility index (Phi) is 8.48. The van der Waals surface area contributed by atoms with Crippen molar-refractivity contribution in [3.8, 4) is 0 Å². The minimum absolute atomic E-state index is 0.0329. The maximum absolute atomic E-state index is 13.8. The van der Waals surface area contributed by atoms with Crippen molar-refractivity contribution in [2.45, 2.75) is 50.6 Å². The summed E-state index contributed by atoms with van der Waals surface area (Å²) in [7, 11) is 1.30. The number of esters is 1. The Morgan fingerprint density at radius 1 is 1.03 bits per heavy atom. The van der Waals surface area contributed by atoms with E-state index in [2.05, 4.69) is 5.32 Å². The molecule has 36 heavy (non-hydrogen) atoms. The first-order valence-corrected chi connectivity index (χ1v) is 12.9. The SMILES string of the molecule is COC(=O)c1ccc(C(C(=O)NC2CCCCC2)N(C(=O)Cc2cccs2)c2ccc(F)cc2)cc1. The number of methoxy groups -OCH3 is 1. The molecule has 6 nitrogen and oxygen atoms in total. The fraction of sp³-hybridized carbons (Fsp3) is 0.321. The number of halogens is 1. The van der Waals surface area contributed by atoms with Crippen molar-refractivity contribution in [1.82, 2.24) is 5.32 Å². The molecule has 0 spiro atoms. The number of carbonyl (C=O) groups is 3. The van der Waals surface area contributed by atoms with E-state index in [1.165, 1.54) is 47.6 Å². The van der Waals surface area contributed by atoms with Gasteiger partial charge in [-0.1, -0.05) is 37.5 Å². The normalized spacial score (nSPS) is 14.6. The van der Waals surface area contributed by atoms with Crippen LogP contribution in [0.3, 0.4) is 0 Å². The fourth-order valence-corrected chi connectivity index (χ4v) is 5.25. The Hall–Kier alpha value is -3.52. The summed E-state index contributed by atoms with van der Waals surface area (Å²) >= 11 is 1.46. The van der Waals surface area contributed by atoms with Gasteiger partial charge < -0.3 is 10.1 Å². The van der Waals surface area contributed by atoms with Crippen LogP contribution in [0.4, 0.5) is 10.1 Å². The lowest BCUT2D eigenvalue weighted by molar-refractivity contribution is -0.127. The molecule has 1 aliphatic carbocycles. The summed E-state index contributed by atoms with van der Waals surface area (Å²) in [5, 5.41) is 5.04. The molecule has 1 fully saturated rings. The summed E-state index contributed by atoms with van der Waals surface area (Å²) in [5.41, 5.74) is 1.30. The summed E-state index contributed by atoms with van der Waals surface area (Å²) in [5.74, 6) is -1.52. The second-order valence-corrected chi connectivity index (χ2v) is 9.89. The van der Waals surface area contributed by atoms with Gasteiger partial charge in [-0.25, -0.2) is 9.18 Å². The van der Waals surface area contributed by atoms with Crippen LogP contribution in [-0.4, -0.2) is 30.9 Å². The van der Waals surface area contributed by atoms with Gasteiger partial charge >= 0.3 is 5.97 Å². The molecule has 1 heterocycles. The number of carbonyl (C=O) groups excluding carboxylic acids is 3. The number of hydrogen-bond donors (Lipinski definition) is 1. The second-order valence-electron chi connectivity index (χ2n) is 8.86. The van der Waals surface area contributed by atoms with E-state index in [0.29, 0.717) is 16.8 Å². The quantitative estimate of drug-likeness (QED) is 0.411. The zero-order valence-corrected chi connectivity index (χ0v) is 20.9. The van der Waals surface area contributed by atoms with Crippen LogP contribution in [0.2, 0.25) is 0 Å². The summed E-state index contributed by atoms with van der Waals surface area (Å²) in [6, 6.07) is 14.8. The van der Waals surface area contributed by atoms with E-state index in [-0.39, 0.29) is 24.3 Å². The predicted octanol–water partition coefficient (Wildman–Crippen LogP) is 5.44. The lowest BCUT2D eigenvalue weighted by Gasteiger charge is -2.33. The third kappa shape index (κ3) is 6.18. The minimum Gasteiger partial charge on any atom is -0.465 e. The molecule has 4 rings (SSSR count). The van der Waals surface area contributed by atoms with Gasteiger partial charge in [0, 0.05) is 16.6 Å². The summed E-state index contributed by atoms with van der Waals surface area (Å²) in [4.78, 5) is 41.8. The number of amides is 2. The van der Waals surface area contributed by atoms with E-state index >= 15 is 0 Å². The van der Waals surface area contributed by atoms with Crippen LogP contribution in [0.25, 0.3) is 0 Å². The van der Waals surface area contributed by atoms with E-state index in [9.17, 15) is 18.8 Å². The van der Waals surface area contributed by atoms with Crippen molar-refractivity contribution >= 4 is 34.8 Å². The lowest BCUT2D eigenvalue weighted by atomic mass is 9.94. The van der Waals surface area contributed by atoms with Crippen molar-refractivity contribution in [2.24, 2.45) is 0 Å². The molecule has 1 saturated carbocycles.